The molecule has 0 aliphatic carbocycles. The number of halogens is 1. The molecule has 26 heavy (non-hydrogen) atoms. The van der Waals surface area contributed by atoms with Crippen molar-refractivity contribution in [2.24, 2.45) is 5.16 Å². The molecule has 136 valence electrons. The van der Waals surface area contributed by atoms with E-state index in [1.54, 1.807) is 6.92 Å². The lowest BCUT2D eigenvalue weighted by Crippen LogP contribution is -2.42. The van der Waals surface area contributed by atoms with Crippen LogP contribution in [0.4, 0.5) is 0 Å². The van der Waals surface area contributed by atoms with Crippen molar-refractivity contribution in [3.05, 3.63) is 65.2 Å². The molecule has 1 atom stereocenters. The first-order valence-electron chi connectivity index (χ1n) is 7.82. The molecule has 0 aliphatic rings. The van der Waals surface area contributed by atoms with Crippen molar-refractivity contribution in [2.45, 2.75) is 24.3 Å². The first kappa shape index (κ1) is 20.0. The molecule has 0 aromatic heterocycles. The van der Waals surface area contributed by atoms with E-state index in [9.17, 15) is 8.42 Å². The molecule has 0 aliphatic heterocycles. The zero-order chi connectivity index (χ0) is 19.0. The first-order valence-corrected chi connectivity index (χ1v) is 9.68. The summed E-state index contributed by atoms with van der Waals surface area (Å²) < 4.78 is 28.2. The van der Waals surface area contributed by atoms with Crippen LogP contribution in [-0.2, 0) is 21.3 Å². The van der Waals surface area contributed by atoms with Crippen molar-refractivity contribution in [3.8, 4) is 11.8 Å². The van der Waals surface area contributed by atoms with Gasteiger partial charge in [-0.05, 0) is 49.1 Å². The van der Waals surface area contributed by atoms with E-state index in [1.165, 1.54) is 31.4 Å². The summed E-state index contributed by atoms with van der Waals surface area (Å²) in [6.45, 7) is 1.65. The van der Waals surface area contributed by atoms with Crippen LogP contribution in [0.25, 0.3) is 0 Å². The summed E-state index contributed by atoms with van der Waals surface area (Å²) in [4.78, 5) is 4.96. The van der Waals surface area contributed by atoms with Crippen LogP contribution in [0.5, 0.6) is 0 Å². The van der Waals surface area contributed by atoms with Gasteiger partial charge in [-0.3, -0.25) is 0 Å². The standard InChI is InChI=1S/C19H19ClN2O3S/c1-3-7-18(21-25-2)19(14-15-8-5-4-6-9-15)22-26(23,24)17-12-10-16(20)11-13-17/h4-6,8-13,19,22H,14H2,1-2H3/t19-/m1/s1. The van der Waals surface area contributed by atoms with E-state index in [1.807, 2.05) is 30.3 Å². The van der Waals surface area contributed by atoms with Gasteiger partial charge < -0.3 is 4.84 Å². The van der Waals surface area contributed by atoms with Crippen molar-refractivity contribution in [2.75, 3.05) is 7.11 Å². The van der Waals surface area contributed by atoms with E-state index in [0.717, 1.165) is 5.56 Å². The van der Waals surface area contributed by atoms with Crippen LogP contribution in [0.3, 0.4) is 0 Å². The highest BCUT2D eigenvalue weighted by Gasteiger charge is 2.24. The summed E-state index contributed by atoms with van der Waals surface area (Å²) in [5.41, 5.74) is 1.24. The second-order valence-electron chi connectivity index (χ2n) is 5.35. The van der Waals surface area contributed by atoms with Gasteiger partial charge in [0.1, 0.15) is 12.8 Å². The average molecular weight is 391 g/mol. The summed E-state index contributed by atoms with van der Waals surface area (Å²) >= 11 is 5.84. The van der Waals surface area contributed by atoms with Gasteiger partial charge in [0.25, 0.3) is 0 Å². The number of benzene rings is 2. The van der Waals surface area contributed by atoms with Gasteiger partial charge in [0.2, 0.25) is 10.0 Å². The Bertz CT molecular complexity index is 915. The van der Waals surface area contributed by atoms with E-state index < -0.39 is 16.1 Å². The number of nitrogens with one attached hydrogen (secondary N) is 1. The largest absolute Gasteiger partial charge is 0.398 e. The van der Waals surface area contributed by atoms with E-state index in [0.29, 0.717) is 17.2 Å². The van der Waals surface area contributed by atoms with Crippen LogP contribution in [0, 0.1) is 11.8 Å². The zero-order valence-corrected chi connectivity index (χ0v) is 16.0. The minimum atomic E-state index is -3.79. The average Bonchev–Trinajstić information content (AvgIpc) is 2.62. The third-order valence-corrected chi connectivity index (χ3v) is 5.22. The second kappa shape index (κ2) is 9.39. The number of sulfonamides is 1. The molecule has 2 rings (SSSR count). The molecule has 0 fully saturated rings. The molecule has 0 saturated heterocycles. The Morgan fingerprint density at radius 3 is 2.42 bits per heavy atom. The van der Waals surface area contributed by atoms with Crippen molar-refractivity contribution >= 4 is 27.3 Å². The van der Waals surface area contributed by atoms with Crippen LogP contribution in [-0.4, -0.2) is 27.3 Å². The molecule has 0 bridgehead atoms. The smallest absolute Gasteiger partial charge is 0.241 e. The van der Waals surface area contributed by atoms with Crippen LogP contribution < -0.4 is 4.72 Å². The van der Waals surface area contributed by atoms with E-state index in [2.05, 4.69) is 21.7 Å². The van der Waals surface area contributed by atoms with Crippen LogP contribution in [0.15, 0.2) is 64.6 Å². The molecular weight excluding hydrogens is 372 g/mol. The first-order chi connectivity index (χ1) is 12.5. The molecule has 2 aromatic carbocycles. The summed E-state index contributed by atoms with van der Waals surface area (Å²) in [7, 11) is -2.40. The highest BCUT2D eigenvalue weighted by molar-refractivity contribution is 7.89. The van der Waals surface area contributed by atoms with Gasteiger partial charge in [-0.1, -0.05) is 53.0 Å². The molecule has 0 radical (unpaired) electrons. The predicted octanol–water partition coefficient (Wildman–Crippen LogP) is 3.26. The molecule has 1 N–H and O–H groups in total. The zero-order valence-electron chi connectivity index (χ0n) is 14.4. The van der Waals surface area contributed by atoms with Gasteiger partial charge in [0.05, 0.1) is 10.9 Å². The third-order valence-electron chi connectivity index (χ3n) is 3.48. The normalized spacial score (nSPS) is 12.8. The van der Waals surface area contributed by atoms with Gasteiger partial charge in [0.15, 0.2) is 0 Å². The molecule has 2 aromatic rings. The van der Waals surface area contributed by atoms with E-state index >= 15 is 0 Å². The van der Waals surface area contributed by atoms with Crippen molar-refractivity contribution in [1.82, 2.24) is 4.72 Å². The minimum absolute atomic E-state index is 0.112. The lowest BCUT2D eigenvalue weighted by Gasteiger charge is -2.18. The van der Waals surface area contributed by atoms with Crippen LogP contribution in [0.1, 0.15) is 12.5 Å². The van der Waals surface area contributed by atoms with E-state index in [4.69, 9.17) is 16.4 Å². The summed E-state index contributed by atoms with van der Waals surface area (Å²) in [6.07, 6.45) is 0.379. The Kier molecular flexibility index (Phi) is 7.22. The maximum absolute atomic E-state index is 12.8. The second-order valence-corrected chi connectivity index (χ2v) is 7.50. The molecule has 7 heteroatoms. The van der Waals surface area contributed by atoms with Crippen LogP contribution >= 0.6 is 11.6 Å². The fourth-order valence-electron chi connectivity index (χ4n) is 2.31. The number of nitrogens with zero attached hydrogens (tertiary/aromatic N) is 1. The Morgan fingerprint density at radius 1 is 1.19 bits per heavy atom. The molecular formula is C19H19ClN2O3S. The predicted molar refractivity (Wildman–Crippen MR) is 104 cm³/mol. The summed E-state index contributed by atoms with van der Waals surface area (Å²) in [5, 5.41) is 4.36. The third kappa shape index (κ3) is 5.60. The number of hydrogen-bond donors (Lipinski definition) is 1. The quantitative estimate of drug-likeness (QED) is 0.448. The topological polar surface area (TPSA) is 67.8 Å². The lowest BCUT2D eigenvalue weighted by atomic mass is 10.0. The molecule has 0 amide bonds. The Morgan fingerprint density at radius 2 is 1.85 bits per heavy atom. The van der Waals surface area contributed by atoms with Gasteiger partial charge in [0, 0.05) is 5.02 Å². The minimum Gasteiger partial charge on any atom is -0.398 e. The molecule has 0 unspecified atom stereocenters. The molecule has 0 spiro atoms. The van der Waals surface area contributed by atoms with Gasteiger partial charge >= 0.3 is 0 Å². The van der Waals surface area contributed by atoms with Crippen molar-refractivity contribution in [3.63, 3.8) is 0 Å². The maximum Gasteiger partial charge on any atom is 0.241 e. The van der Waals surface area contributed by atoms with Crippen LogP contribution in [0.2, 0.25) is 5.02 Å². The Labute approximate surface area is 159 Å². The Balaban J connectivity index is 2.37. The van der Waals surface area contributed by atoms with Gasteiger partial charge in [-0.25, -0.2) is 13.1 Å². The monoisotopic (exact) mass is 390 g/mol. The number of oxime groups is 1. The maximum atomic E-state index is 12.8. The highest BCUT2D eigenvalue weighted by atomic mass is 35.5. The molecule has 0 heterocycles. The number of hydrogen-bond acceptors (Lipinski definition) is 4. The summed E-state index contributed by atoms with van der Waals surface area (Å²) in [5.74, 6) is 5.55. The van der Waals surface area contributed by atoms with Crippen molar-refractivity contribution < 1.29 is 13.3 Å². The molecule has 5 nitrogen and oxygen atoms in total. The van der Waals surface area contributed by atoms with Crippen molar-refractivity contribution in [1.29, 1.82) is 0 Å². The fraction of sp³-hybridized carbons (Fsp3) is 0.211. The van der Waals surface area contributed by atoms with Gasteiger partial charge in [-0.15, -0.1) is 0 Å². The summed E-state index contributed by atoms with van der Waals surface area (Å²) in [6, 6.07) is 14.8. The van der Waals surface area contributed by atoms with Gasteiger partial charge in [-0.2, -0.15) is 0 Å². The number of rotatable bonds is 7. The fourth-order valence-corrected chi connectivity index (χ4v) is 3.64. The lowest BCUT2D eigenvalue weighted by molar-refractivity contribution is 0.212. The SMILES string of the molecule is CC#CC(=NOC)[C@@H](Cc1ccccc1)NS(=O)(=O)c1ccc(Cl)cc1. The Hall–Kier alpha value is -2.33. The van der Waals surface area contributed by atoms with E-state index in [-0.39, 0.29) is 4.90 Å². The highest BCUT2D eigenvalue weighted by Crippen LogP contribution is 2.15. The molecule has 0 saturated carbocycles.